The number of rotatable bonds is 4. The van der Waals surface area contributed by atoms with Crippen molar-refractivity contribution in [1.82, 2.24) is 9.88 Å². The molecule has 0 unspecified atom stereocenters. The van der Waals surface area contributed by atoms with E-state index < -0.39 is 0 Å². The molecule has 1 amide bonds. The van der Waals surface area contributed by atoms with Gasteiger partial charge >= 0.3 is 0 Å². The molecule has 5 nitrogen and oxygen atoms in total. The Bertz CT molecular complexity index is 567. The SMILES string of the molecule is COCCN(C)C(=O)c1sc2cnccc2c1N. The second-order valence-corrected chi connectivity index (χ2v) is 4.99. The number of nitrogens with two attached hydrogens (primary N) is 1. The van der Waals surface area contributed by atoms with Crippen molar-refractivity contribution in [3.05, 3.63) is 23.3 Å². The zero-order valence-corrected chi connectivity index (χ0v) is 11.2. The van der Waals surface area contributed by atoms with Crippen LogP contribution in [0.25, 0.3) is 10.1 Å². The van der Waals surface area contributed by atoms with E-state index in [1.165, 1.54) is 11.3 Å². The van der Waals surface area contributed by atoms with Crippen molar-refractivity contribution in [2.45, 2.75) is 0 Å². The minimum Gasteiger partial charge on any atom is -0.397 e. The Labute approximate surface area is 109 Å². The summed E-state index contributed by atoms with van der Waals surface area (Å²) in [7, 11) is 3.35. The van der Waals surface area contributed by atoms with Gasteiger partial charge in [0.05, 0.1) is 17.0 Å². The molecule has 0 aliphatic carbocycles. The normalized spacial score (nSPS) is 10.8. The van der Waals surface area contributed by atoms with Crippen LogP contribution < -0.4 is 5.73 Å². The van der Waals surface area contributed by atoms with E-state index in [1.54, 1.807) is 31.5 Å². The first-order chi connectivity index (χ1) is 8.65. The number of thiophene rings is 1. The van der Waals surface area contributed by atoms with Crippen molar-refractivity contribution in [2.24, 2.45) is 0 Å². The first-order valence-corrected chi connectivity index (χ1v) is 6.33. The van der Waals surface area contributed by atoms with Gasteiger partial charge < -0.3 is 15.4 Å². The molecule has 0 aromatic carbocycles. The van der Waals surface area contributed by atoms with Gasteiger partial charge in [0.15, 0.2) is 0 Å². The summed E-state index contributed by atoms with van der Waals surface area (Å²) in [6.45, 7) is 1.05. The lowest BCUT2D eigenvalue weighted by Crippen LogP contribution is -2.29. The van der Waals surface area contributed by atoms with Crippen LogP contribution in [0.5, 0.6) is 0 Å². The molecule has 2 rings (SSSR count). The number of carbonyl (C=O) groups excluding carboxylic acids is 1. The minimum atomic E-state index is -0.0780. The molecule has 0 aliphatic rings. The zero-order chi connectivity index (χ0) is 13.1. The lowest BCUT2D eigenvalue weighted by Gasteiger charge is -2.15. The minimum absolute atomic E-state index is 0.0780. The number of likely N-dealkylation sites (N-methyl/N-ethyl adjacent to an activating group) is 1. The maximum Gasteiger partial charge on any atom is 0.265 e. The van der Waals surface area contributed by atoms with Gasteiger partial charge in [0.25, 0.3) is 5.91 Å². The molecular formula is C12H15N3O2S. The van der Waals surface area contributed by atoms with Gasteiger partial charge in [-0.15, -0.1) is 11.3 Å². The molecule has 0 aliphatic heterocycles. The van der Waals surface area contributed by atoms with Crippen LogP contribution in [0.2, 0.25) is 0 Å². The molecule has 96 valence electrons. The fourth-order valence-corrected chi connectivity index (χ4v) is 2.72. The second-order valence-electron chi connectivity index (χ2n) is 3.94. The van der Waals surface area contributed by atoms with Crippen LogP contribution in [-0.4, -0.2) is 43.1 Å². The fraction of sp³-hybridized carbons (Fsp3) is 0.333. The average Bonchev–Trinajstić information content (AvgIpc) is 2.73. The van der Waals surface area contributed by atoms with Crippen LogP contribution in [0, 0.1) is 0 Å². The Morgan fingerprint density at radius 3 is 3.06 bits per heavy atom. The van der Waals surface area contributed by atoms with Crippen molar-refractivity contribution < 1.29 is 9.53 Å². The predicted octanol–water partition coefficient (Wildman–Crippen LogP) is 1.60. The molecule has 0 saturated carbocycles. The van der Waals surface area contributed by atoms with Crippen LogP contribution >= 0.6 is 11.3 Å². The van der Waals surface area contributed by atoms with E-state index in [0.29, 0.717) is 23.7 Å². The average molecular weight is 265 g/mol. The Kier molecular flexibility index (Phi) is 3.78. The van der Waals surface area contributed by atoms with E-state index >= 15 is 0 Å². The molecule has 6 heteroatoms. The highest BCUT2D eigenvalue weighted by Gasteiger charge is 2.19. The number of hydrogen-bond donors (Lipinski definition) is 1. The van der Waals surface area contributed by atoms with Gasteiger partial charge in [-0.2, -0.15) is 0 Å². The first-order valence-electron chi connectivity index (χ1n) is 5.51. The number of anilines is 1. The summed E-state index contributed by atoms with van der Waals surface area (Å²) in [6, 6.07) is 1.83. The van der Waals surface area contributed by atoms with Gasteiger partial charge in [-0.25, -0.2) is 0 Å². The second kappa shape index (κ2) is 5.32. The summed E-state index contributed by atoms with van der Waals surface area (Å²) < 4.78 is 5.89. The highest BCUT2D eigenvalue weighted by atomic mass is 32.1. The van der Waals surface area contributed by atoms with Crippen molar-refractivity contribution in [3.8, 4) is 0 Å². The summed E-state index contributed by atoms with van der Waals surface area (Å²) in [5.74, 6) is -0.0780. The third-order valence-corrected chi connectivity index (χ3v) is 3.85. The van der Waals surface area contributed by atoms with E-state index in [1.807, 2.05) is 6.07 Å². The largest absolute Gasteiger partial charge is 0.397 e. The van der Waals surface area contributed by atoms with Crippen LogP contribution in [-0.2, 0) is 4.74 Å². The predicted molar refractivity (Wildman–Crippen MR) is 72.9 cm³/mol. The van der Waals surface area contributed by atoms with Gasteiger partial charge in [-0.3, -0.25) is 9.78 Å². The van der Waals surface area contributed by atoms with Crippen molar-refractivity contribution in [1.29, 1.82) is 0 Å². The third kappa shape index (κ3) is 2.30. The smallest absolute Gasteiger partial charge is 0.265 e. The topological polar surface area (TPSA) is 68.5 Å². The van der Waals surface area contributed by atoms with Gasteiger partial charge in [0.2, 0.25) is 0 Å². The molecule has 2 N–H and O–H groups in total. The Hall–Kier alpha value is -1.66. The number of ether oxygens (including phenoxy) is 1. The quantitative estimate of drug-likeness (QED) is 0.911. The Morgan fingerprint density at radius 2 is 2.39 bits per heavy atom. The monoisotopic (exact) mass is 265 g/mol. The molecular weight excluding hydrogens is 250 g/mol. The summed E-state index contributed by atoms with van der Waals surface area (Å²) in [5, 5.41) is 0.887. The molecule has 0 saturated heterocycles. The maximum atomic E-state index is 12.2. The number of carbonyl (C=O) groups is 1. The number of nitrogens with zero attached hydrogens (tertiary/aromatic N) is 2. The van der Waals surface area contributed by atoms with Crippen molar-refractivity contribution >= 4 is 33.0 Å². The molecule has 0 bridgehead atoms. The molecule has 18 heavy (non-hydrogen) atoms. The molecule has 0 atom stereocenters. The van der Waals surface area contributed by atoms with Crippen LogP contribution in [0.3, 0.4) is 0 Å². The molecule has 0 fully saturated rings. The van der Waals surface area contributed by atoms with Gasteiger partial charge in [-0.05, 0) is 6.07 Å². The Morgan fingerprint density at radius 1 is 1.61 bits per heavy atom. The van der Waals surface area contributed by atoms with E-state index in [0.717, 1.165) is 10.1 Å². The van der Waals surface area contributed by atoms with E-state index in [2.05, 4.69) is 4.98 Å². The number of aromatic nitrogens is 1. The molecule has 2 aromatic rings. The number of amides is 1. The highest BCUT2D eigenvalue weighted by Crippen LogP contribution is 2.33. The lowest BCUT2D eigenvalue weighted by atomic mass is 10.2. The van der Waals surface area contributed by atoms with Crippen molar-refractivity contribution in [2.75, 3.05) is 33.0 Å². The van der Waals surface area contributed by atoms with Gasteiger partial charge in [-0.1, -0.05) is 0 Å². The summed E-state index contributed by atoms with van der Waals surface area (Å²) >= 11 is 1.37. The fourth-order valence-electron chi connectivity index (χ4n) is 1.63. The summed E-state index contributed by atoms with van der Waals surface area (Å²) in [5.41, 5.74) is 6.54. The lowest BCUT2D eigenvalue weighted by molar-refractivity contribution is 0.0750. The number of fused-ring (bicyclic) bond motifs is 1. The van der Waals surface area contributed by atoms with Crippen molar-refractivity contribution in [3.63, 3.8) is 0 Å². The molecule has 0 spiro atoms. The molecule has 2 aromatic heterocycles. The van der Waals surface area contributed by atoms with Crippen LogP contribution in [0.1, 0.15) is 9.67 Å². The molecule has 2 heterocycles. The summed E-state index contributed by atoms with van der Waals surface area (Å²) in [4.78, 5) is 18.4. The number of hydrogen-bond acceptors (Lipinski definition) is 5. The van der Waals surface area contributed by atoms with Crippen LogP contribution in [0.15, 0.2) is 18.5 Å². The van der Waals surface area contributed by atoms with E-state index in [-0.39, 0.29) is 5.91 Å². The standard InChI is InChI=1S/C12H15N3O2S/c1-15(5-6-17-2)12(16)11-10(13)8-3-4-14-7-9(8)18-11/h3-4,7H,5-6,13H2,1-2H3. The number of methoxy groups -OCH3 is 1. The van der Waals surface area contributed by atoms with Gasteiger partial charge in [0, 0.05) is 38.5 Å². The Balaban J connectivity index is 2.30. The molecule has 0 radical (unpaired) electrons. The first kappa shape index (κ1) is 12.8. The zero-order valence-electron chi connectivity index (χ0n) is 10.3. The third-order valence-electron chi connectivity index (χ3n) is 2.70. The van der Waals surface area contributed by atoms with Gasteiger partial charge in [0.1, 0.15) is 4.88 Å². The summed E-state index contributed by atoms with van der Waals surface area (Å²) in [6.07, 6.45) is 3.40. The van der Waals surface area contributed by atoms with E-state index in [9.17, 15) is 4.79 Å². The maximum absolute atomic E-state index is 12.2. The van der Waals surface area contributed by atoms with E-state index in [4.69, 9.17) is 10.5 Å². The number of nitrogen functional groups attached to an aromatic ring is 1. The number of pyridine rings is 1. The highest BCUT2D eigenvalue weighted by molar-refractivity contribution is 7.21. The van der Waals surface area contributed by atoms with Crippen LogP contribution in [0.4, 0.5) is 5.69 Å².